The van der Waals surface area contributed by atoms with E-state index in [4.69, 9.17) is 16.3 Å². The number of carbonyl (C=O) groups is 3. The zero-order valence-electron chi connectivity index (χ0n) is 20.8. The summed E-state index contributed by atoms with van der Waals surface area (Å²) >= 11 is 6.54. The zero-order valence-corrected chi connectivity index (χ0v) is 21.6. The molecule has 36 heavy (non-hydrogen) atoms. The minimum absolute atomic E-state index is 0.0355. The van der Waals surface area contributed by atoms with Crippen LogP contribution < -0.4 is 4.90 Å². The largest absolute Gasteiger partial charge is 0.395 e. The lowest BCUT2D eigenvalue weighted by Gasteiger charge is -2.37. The number of fused-ring (bicyclic) bond motifs is 2. The van der Waals surface area contributed by atoms with Gasteiger partial charge in [0.1, 0.15) is 11.6 Å². The summed E-state index contributed by atoms with van der Waals surface area (Å²) in [4.78, 5) is 46.9. The Morgan fingerprint density at radius 3 is 2.50 bits per heavy atom. The van der Waals surface area contributed by atoms with E-state index < -0.39 is 29.1 Å². The Labute approximate surface area is 216 Å². The van der Waals surface area contributed by atoms with Gasteiger partial charge in [-0.15, -0.1) is 0 Å². The number of ether oxygens (including phenoxy) is 1. The number of aliphatic hydroxyl groups is 1. The van der Waals surface area contributed by atoms with Crippen molar-refractivity contribution >= 4 is 35.0 Å². The quantitative estimate of drug-likeness (QED) is 0.610. The van der Waals surface area contributed by atoms with Crippen LogP contribution >= 0.6 is 11.6 Å². The fourth-order valence-electron chi connectivity index (χ4n) is 6.56. The van der Waals surface area contributed by atoms with Crippen LogP contribution in [0.2, 0.25) is 5.02 Å². The lowest BCUT2D eigenvalue weighted by Crippen LogP contribution is -2.56. The predicted octanol–water partition coefficient (Wildman–Crippen LogP) is 2.32. The van der Waals surface area contributed by atoms with Crippen molar-refractivity contribution in [3.63, 3.8) is 0 Å². The van der Waals surface area contributed by atoms with Crippen molar-refractivity contribution in [3.8, 4) is 0 Å². The van der Waals surface area contributed by atoms with Gasteiger partial charge in [0.05, 0.1) is 34.8 Å². The highest BCUT2D eigenvalue weighted by Gasteiger charge is 2.74. The van der Waals surface area contributed by atoms with Crippen LogP contribution in [0.3, 0.4) is 0 Å². The lowest BCUT2D eigenvalue weighted by atomic mass is 9.74. The molecule has 4 heterocycles. The van der Waals surface area contributed by atoms with E-state index in [0.29, 0.717) is 23.8 Å². The molecule has 4 aliphatic rings. The second-order valence-corrected chi connectivity index (χ2v) is 10.6. The van der Waals surface area contributed by atoms with Gasteiger partial charge in [-0.1, -0.05) is 55.0 Å². The Bertz CT molecular complexity index is 1150. The van der Waals surface area contributed by atoms with E-state index in [9.17, 15) is 19.5 Å². The number of halogens is 1. The predicted molar refractivity (Wildman–Crippen MR) is 135 cm³/mol. The number of para-hydroxylation sites is 1. The fraction of sp³-hybridized carbons (Fsp3) is 0.519. The van der Waals surface area contributed by atoms with E-state index in [0.717, 1.165) is 12.0 Å². The number of anilines is 1. The van der Waals surface area contributed by atoms with Gasteiger partial charge < -0.3 is 24.5 Å². The molecule has 0 bridgehead atoms. The third kappa shape index (κ3) is 3.45. The van der Waals surface area contributed by atoms with Crippen LogP contribution in [0.25, 0.3) is 0 Å². The molecule has 192 valence electrons. The van der Waals surface area contributed by atoms with Crippen LogP contribution in [0.15, 0.2) is 42.5 Å². The topological polar surface area (TPSA) is 90.4 Å². The SMILES string of the molecule is CCCN1CC=C[C@@]2(C)O[C@]34C=CCN(c5c(C)cccc5Cl)C(=O)C3N(CCO)C(=O)[C@@H]4[C@H]2C1=O. The minimum Gasteiger partial charge on any atom is -0.395 e. The third-order valence-corrected chi connectivity index (χ3v) is 8.24. The molecule has 3 amide bonds. The number of carbonyl (C=O) groups excluding carboxylic acids is 3. The molecule has 1 N–H and O–H groups in total. The van der Waals surface area contributed by atoms with Crippen LogP contribution in [-0.4, -0.2) is 82.7 Å². The first kappa shape index (κ1) is 25.0. The molecule has 1 spiro atoms. The highest BCUT2D eigenvalue weighted by atomic mass is 35.5. The summed E-state index contributed by atoms with van der Waals surface area (Å²) in [6.45, 7) is 6.63. The first-order chi connectivity index (χ1) is 17.2. The number of hydrogen-bond donors (Lipinski definition) is 1. The maximum absolute atomic E-state index is 14.3. The summed E-state index contributed by atoms with van der Waals surface area (Å²) in [5, 5.41) is 10.3. The second-order valence-electron chi connectivity index (χ2n) is 10.2. The molecule has 0 saturated carbocycles. The van der Waals surface area contributed by atoms with Crippen molar-refractivity contribution in [1.29, 1.82) is 0 Å². The van der Waals surface area contributed by atoms with Gasteiger partial charge in [0.25, 0.3) is 5.91 Å². The number of aryl methyl sites for hydroxylation is 1. The molecule has 2 fully saturated rings. The molecule has 1 unspecified atom stereocenters. The Balaban J connectivity index is 1.65. The normalized spacial score (nSPS) is 33.5. The number of benzene rings is 1. The molecule has 8 nitrogen and oxygen atoms in total. The van der Waals surface area contributed by atoms with E-state index in [1.165, 1.54) is 4.90 Å². The van der Waals surface area contributed by atoms with Crippen molar-refractivity contribution in [2.75, 3.05) is 37.7 Å². The van der Waals surface area contributed by atoms with Crippen LogP contribution in [0.5, 0.6) is 0 Å². The molecular formula is C27H32ClN3O5. The fourth-order valence-corrected chi connectivity index (χ4v) is 6.88. The van der Waals surface area contributed by atoms with Crippen molar-refractivity contribution < 1.29 is 24.2 Å². The molecule has 9 heteroatoms. The summed E-state index contributed by atoms with van der Waals surface area (Å²) in [7, 11) is 0. The van der Waals surface area contributed by atoms with Gasteiger partial charge in [-0.05, 0) is 31.9 Å². The Kier molecular flexibility index (Phi) is 6.25. The number of rotatable bonds is 5. The van der Waals surface area contributed by atoms with Gasteiger partial charge in [-0.3, -0.25) is 14.4 Å². The van der Waals surface area contributed by atoms with E-state index in [-0.39, 0.29) is 37.4 Å². The van der Waals surface area contributed by atoms with E-state index in [1.54, 1.807) is 21.9 Å². The third-order valence-electron chi connectivity index (χ3n) is 7.93. The first-order valence-corrected chi connectivity index (χ1v) is 12.9. The summed E-state index contributed by atoms with van der Waals surface area (Å²) in [6, 6.07) is 4.39. The molecule has 1 aromatic rings. The first-order valence-electron chi connectivity index (χ1n) is 12.5. The second kappa shape index (κ2) is 9.01. The van der Waals surface area contributed by atoms with Gasteiger partial charge in [0.15, 0.2) is 0 Å². The van der Waals surface area contributed by atoms with Gasteiger partial charge >= 0.3 is 0 Å². The molecule has 0 radical (unpaired) electrons. The lowest BCUT2D eigenvalue weighted by molar-refractivity contribution is -0.148. The molecule has 0 aliphatic carbocycles. The van der Waals surface area contributed by atoms with Crippen LogP contribution in [-0.2, 0) is 19.1 Å². The number of likely N-dealkylation sites (tertiary alicyclic amines) is 1. The van der Waals surface area contributed by atoms with E-state index in [2.05, 4.69) is 0 Å². The van der Waals surface area contributed by atoms with Crippen molar-refractivity contribution in [1.82, 2.24) is 9.80 Å². The maximum atomic E-state index is 14.3. The van der Waals surface area contributed by atoms with E-state index >= 15 is 0 Å². The minimum atomic E-state index is -1.35. The number of hydrogen-bond acceptors (Lipinski definition) is 5. The smallest absolute Gasteiger partial charge is 0.253 e. The zero-order chi connectivity index (χ0) is 25.8. The molecule has 0 aromatic heterocycles. The summed E-state index contributed by atoms with van der Waals surface area (Å²) in [5.74, 6) is -2.51. The number of amides is 3. The van der Waals surface area contributed by atoms with Gasteiger partial charge in [0.2, 0.25) is 11.8 Å². The van der Waals surface area contributed by atoms with E-state index in [1.807, 2.05) is 51.1 Å². The maximum Gasteiger partial charge on any atom is 0.253 e. The monoisotopic (exact) mass is 513 g/mol. The molecular weight excluding hydrogens is 482 g/mol. The number of aliphatic hydroxyl groups excluding tert-OH is 1. The Morgan fingerprint density at radius 2 is 1.81 bits per heavy atom. The summed E-state index contributed by atoms with van der Waals surface area (Å²) < 4.78 is 6.74. The Hall–Kier alpha value is -2.68. The van der Waals surface area contributed by atoms with Crippen LogP contribution in [0.4, 0.5) is 5.69 Å². The van der Waals surface area contributed by atoms with Crippen molar-refractivity contribution in [3.05, 3.63) is 53.1 Å². The average Bonchev–Trinajstić information content (AvgIpc) is 3.09. The van der Waals surface area contributed by atoms with Crippen molar-refractivity contribution in [2.24, 2.45) is 11.8 Å². The summed E-state index contributed by atoms with van der Waals surface area (Å²) in [6.07, 6.45) is 8.20. The molecule has 2 saturated heterocycles. The van der Waals surface area contributed by atoms with Crippen LogP contribution in [0.1, 0.15) is 25.8 Å². The molecule has 4 aliphatic heterocycles. The molecule has 5 rings (SSSR count). The molecule has 1 aromatic carbocycles. The number of nitrogens with zero attached hydrogens (tertiary/aromatic N) is 3. The highest BCUT2D eigenvalue weighted by molar-refractivity contribution is 6.34. The van der Waals surface area contributed by atoms with Crippen molar-refractivity contribution in [2.45, 2.75) is 44.4 Å². The van der Waals surface area contributed by atoms with Crippen LogP contribution in [0, 0.1) is 18.8 Å². The van der Waals surface area contributed by atoms with Gasteiger partial charge in [-0.25, -0.2) is 0 Å². The summed E-state index contributed by atoms with van der Waals surface area (Å²) in [5.41, 5.74) is -0.993. The number of β-amino-alcohol motifs (C(OH)–C–C–N with tert-alkyl or cyclic N) is 1. The van der Waals surface area contributed by atoms with Gasteiger partial charge in [-0.2, -0.15) is 0 Å². The average molecular weight is 514 g/mol. The standard InChI is InChI=1S/C27H32ClN3O5/c1-4-12-29-13-6-10-26(3)19(23(29)33)20-24(34)31(15-16-32)22-25(35)30(14-7-11-27(20,22)36-26)21-17(2)8-5-9-18(21)28/h5-11,19-20,22,32H,4,12-16H2,1-3H3/t19-,20-,22?,26+,27-/m0/s1. The highest BCUT2D eigenvalue weighted by Crippen LogP contribution is 2.57. The Morgan fingerprint density at radius 1 is 1.06 bits per heavy atom. The molecule has 5 atom stereocenters. The van der Waals surface area contributed by atoms with Gasteiger partial charge in [0, 0.05) is 26.2 Å².